The maximum Gasteiger partial charge on any atom is 0.280 e. The number of rotatable bonds is 7. The highest BCUT2D eigenvalue weighted by atomic mass is 19.3. The first-order valence-corrected chi connectivity index (χ1v) is 8.78. The zero-order valence-electron chi connectivity index (χ0n) is 16.4. The summed E-state index contributed by atoms with van der Waals surface area (Å²) < 4.78 is 36.9. The summed E-state index contributed by atoms with van der Waals surface area (Å²) in [4.78, 5) is 24.7. The summed E-state index contributed by atoms with van der Waals surface area (Å²) in [5, 5.41) is 0. The van der Waals surface area contributed by atoms with Gasteiger partial charge in [-0.1, -0.05) is 0 Å². The van der Waals surface area contributed by atoms with Gasteiger partial charge in [-0.2, -0.15) is 0 Å². The molecule has 0 saturated carbocycles. The van der Waals surface area contributed by atoms with E-state index in [4.69, 9.17) is 9.47 Å². The molecule has 3 heterocycles. The number of nitrogens with zero attached hydrogens (tertiary/aromatic N) is 3. The number of hydrogen-bond acceptors (Lipinski definition) is 7. The van der Waals surface area contributed by atoms with Crippen molar-refractivity contribution in [2.45, 2.75) is 6.43 Å². The highest BCUT2D eigenvalue weighted by Crippen LogP contribution is 2.36. The minimum atomic E-state index is -2.78. The van der Waals surface area contributed by atoms with Gasteiger partial charge in [-0.15, -0.1) is 0 Å². The fourth-order valence-corrected chi connectivity index (χ4v) is 2.80. The molecule has 0 radical (unpaired) electrons. The third-order valence-corrected chi connectivity index (χ3v) is 4.25. The van der Waals surface area contributed by atoms with Crippen LogP contribution in [0.4, 0.5) is 8.78 Å². The molecular formula is C20H19F2N5O3. The maximum atomic E-state index is 13.3. The number of halogens is 2. The standard InChI is InChI=1S/C20H19F2N5O3/c1-23-27-20(28)14-9-24-15(11-4-5-18(30-3)26-8-11)6-12(14)13-7-16(19(21)22)25-10-17(13)29-2/h4-10,19,23H,1-3H3,(H,27,28). The van der Waals surface area contributed by atoms with E-state index in [1.807, 2.05) is 0 Å². The van der Waals surface area contributed by atoms with E-state index in [1.54, 1.807) is 24.4 Å². The zero-order chi connectivity index (χ0) is 21.7. The molecular weight excluding hydrogens is 396 g/mol. The summed E-state index contributed by atoms with van der Waals surface area (Å²) in [5.41, 5.74) is 6.51. The highest BCUT2D eigenvalue weighted by Gasteiger charge is 2.21. The molecule has 0 bridgehead atoms. The Kier molecular flexibility index (Phi) is 6.48. The first kappa shape index (κ1) is 21.1. The topological polar surface area (TPSA) is 98.3 Å². The van der Waals surface area contributed by atoms with Crippen LogP contribution in [0.15, 0.2) is 42.9 Å². The van der Waals surface area contributed by atoms with Crippen molar-refractivity contribution < 1.29 is 23.0 Å². The number of carbonyl (C=O) groups is 1. The van der Waals surface area contributed by atoms with Crippen LogP contribution in [-0.2, 0) is 0 Å². The van der Waals surface area contributed by atoms with Crippen LogP contribution in [0, 0.1) is 0 Å². The lowest BCUT2D eigenvalue weighted by molar-refractivity contribution is 0.0938. The van der Waals surface area contributed by atoms with Gasteiger partial charge < -0.3 is 9.47 Å². The number of nitrogens with one attached hydrogen (secondary N) is 2. The molecule has 0 aliphatic carbocycles. The van der Waals surface area contributed by atoms with Gasteiger partial charge in [0.15, 0.2) is 0 Å². The lowest BCUT2D eigenvalue weighted by Crippen LogP contribution is -2.34. The highest BCUT2D eigenvalue weighted by molar-refractivity contribution is 6.01. The number of pyridine rings is 3. The van der Waals surface area contributed by atoms with Crippen molar-refractivity contribution in [3.63, 3.8) is 0 Å². The Morgan fingerprint density at radius 1 is 1.00 bits per heavy atom. The van der Waals surface area contributed by atoms with Crippen LogP contribution < -0.4 is 20.3 Å². The molecule has 3 aromatic heterocycles. The largest absolute Gasteiger partial charge is 0.494 e. The molecule has 2 N–H and O–H groups in total. The van der Waals surface area contributed by atoms with Crippen molar-refractivity contribution in [3.8, 4) is 34.0 Å². The Balaban J connectivity index is 2.21. The molecule has 3 aromatic rings. The Morgan fingerprint density at radius 3 is 2.40 bits per heavy atom. The second-order valence-electron chi connectivity index (χ2n) is 6.02. The molecule has 0 spiro atoms. The van der Waals surface area contributed by atoms with Gasteiger partial charge >= 0.3 is 0 Å². The maximum absolute atomic E-state index is 13.3. The number of ether oxygens (including phenoxy) is 2. The van der Waals surface area contributed by atoms with E-state index in [0.717, 1.165) is 0 Å². The quantitative estimate of drug-likeness (QED) is 0.573. The number of aromatic nitrogens is 3. The molecule has 10 heteroatoms. The summed E-state index contributed by atoms with van der Waals surface area (Å²) >= 11 is 0. The normalized spacial score (nSPS) is 10.7. The van der Waals surface area contributed by atoms with Crippen LogP contribution in [0.5, 0.6) is 11.6 Å². The fraction of sp³-hybridized carbons (Fsp3) is 0.200. The summed E-state index contributed by atoms with van der Waals surface area (Å²) in [6.45, 7) is 0. The number of methoxy groups -OCH3 is 2. The van der Waals surface area contributed by atoms with E-state index >= 15 is 0 Å². The molecule has 0 aliphatic rings. The first-order chi connectivity index (χ1) is 14.5. The van der Waals surface area contributed by atoms with Crippen molar-refractivity contribution in [3.05, 3.63) is 54.1 Å². The minimum absolute atomic E-state index is 0.166. The Hall–Kier alpha value is -3.66. The third-order valence-electron chi connectivity index (χ3n) is 4.25. The van der Waals surface area contributed by atoms with Gasteiger partial charge in [0.2, 0.25) is 5.88 Å². The molecule has 0 atom stereocenters. The van der Waals surface area contributed by atoms with Crippen molar-refractivity contribution in [1.29, 1.82) is 0 Å². The first-order valence-electron chi connectivity index (χ1n) is 8.78. The molecule has 0 saturated heterocycles. The van der Waals surface area contributed by atoms with Crippen LogP contribution >= 0.6 is 0 Å². The summed E-state index contributed by atoms with van der Waals surface area (Å²) in [6.07, 6.45) is 1.35. The van der Waals surface area contributed by atoms with Crippen LogP contribution in [0.3, 0.4) is 0 Å². The molecule has 30 heavy (non-hydrogen) atoms. The zero-order valence-corrected chi connectivity index (χ0v) is 16.4. The summed E-state index contributed by atoms with van der Waals surface area (Å²) in [6, 6.07) is 6.23. The third kappa shape index (κ3) is 4.33. The van der Waals surface area contributed by atoms with Gasteiger partial charge in [0.05, 0.1) is 31.7 Å². The van der Waals surface area contributed by atoms with Crippen LogP contribution in [0.1, 0.15) is 22.5 Å². The van der Waals surface area contributed by atoms with Crippen molar-refractivity contribution in [2.75, 3.05) is 21.3 Å². The van der Waals surface area contributed by atoms with Gasteiger partial charge in [0.1, 0.15) is 11.4 Å². The smallest absolute Gasteiger partial charge is 0.280 e. The van der Waals surface area contributed by atoms with E-state index in [2.05, 4.69) is 25.8 Å². The van der Waals surface area contributed by atoms with Gasteiger partial charge in [0, 0.05) is 42.2 Å². The molecule has 8 nitrogen and oxygen atoms in total. The van der Waals surface area contributed by atoms with Gasteiger partial charge in [-0.3, -0.25) is 20.2 Å². The van der Waals surface area contributed by atoms with Gasteiger partial charge in [-0.25, -0.2) is 19.2 Å². The van der Waals surface area contributed by atoms with Crippen molar-refractivity contribution >= 4 is 5.91 Å². The van der Waals surface area contributed by atoms with Gasteiger partial charge in [0.25, 0.3) is 12.3 Å². The lowest BCUT2D eigenvalue weighted by atomic mass is 9.98. The monoisotopic (exact) mass is 415 g/mol. The second kappa shape index (κ2) is 9.23. The number of amides is 1. The summed E-state index contributed by atoms with van der Waals surface area (Å²) in [5.74, 6) is 0.182. The Bertz CT molecular complexity index is 1050. The van der Waals surface area contributed by atoms with E-state index < -0.39 is 18.0 Å². The van der Waals surface area contributed by atoms with Gasteiger partial charge in [-0.05, 0) is 18.2 Å². The van der Waals surface area contributed by atoms with E-state index in [9.17, 15) is 13.6 Å². The number of carbonyl (C=O) groups excluding carboxylic acids is 1. The summed E-state index contributed by atoms with van der Waals surface area (Å²) in [7, 11) is 4.43. The number of hydrazine groups is 1. The molecule has 0 aliphatic heterocycles. The fourth-order valence-electron chi connectivity index (χ4n) is 2.80. The van der Waals surface area contributed by atoms with E-state index in [1.165, 1.54) is 39.7 Å². The van der Waals surface area contributed by atoms with Crippen LogP contribution in [0.2, 0.25) is 0 Å². The molecule has 3 rings (SSSR count). The Labute approximate surface area is 171 Å². The van der Waals surface area contributed by atoms with Crippen molar-refractivity contribution in [2.24, 2.45) is 0 Å². The van der Waals surface area contributed by atoms with E-state index in [-0.39, 0.29) is 16.9 Å². The van der Waals surface area contributed by atoms with Crippen molar-refractivity contribution in [1.82, 2.24) is 25.8 Å². The average molecular weight is 415 g/mol. The predicted octanol–water partition coefficient (Wildman–Crippen LogP) is 3.02. The van der Waals surface area contributed by atoms with Crippen LogP contribution in [0.25, 0.3) is 22.4 Å². The average Bonchev–Trinajstić information content (AvgIpc) is 2.78. The second-order valence-corrected chi connectivity index (χ2v) is 6.02. The molecule has 1 amide bonds. The molecule has 0 aromatic carbocycles. The lowest BCUT2D eigenvalue weighted by Gasteiger charge is -2.15. The minimum Gasteiger partial charge on any atom is -0.494 e. The SMILES string of the molecule is CNNC(=O)c1cnc(-c2ccc(OC)nc2)cc1-c1cc(C(F)F)ncc1OC. The predicted molar refractivity (Wildman–Crippen MR) is 105 cm³/mol. The van der Waals surface area contributed by atoms with Crippen LogP contribution in [-0.4, -0.2) is 42.1 Å². The number of hydrogen-bond donors (Lipinski definition) is 2. The molecule has 156 valence electrons. The Morgan fingerprint density at radius 2 is 1.80 bits per heavy atom. The molecule has 0 unspecified atom stereocenters. The molecule has 0 fully saturated rings. The van der Waals surface area contributed by atoms with E-state index in [0.29, 0.717) is 22.7 Å². The number of alkyl halides is 2.